The Balaban J connectivity index is 1.68. The van der Waals surface area contributed by atoms with E-state index in [1.807, 2.05) is 31.5 Å². The van der Waals surface area contributed by atoms with Gasteiger partial charge in [0, 0.05) is 30.7 Å². The van der Waals surface area contributed by atoms with E-state index in [-0.39, 0.29) is 18.0 Å². The second-order valence-electron chi connectivity index (χ2n) is 7.42. The Bertz CT molecular complexity index is 1010. The highest BCUT2D eigenvalue weighted by Gasteiger charge is 2.30. The van der Waals surface area contributed by atoms with Crippen molar-refractivity contribution in [1.82, 2.24) is 24.9 Å². The van der Waals surface area contributed by atoms with Crippen molar-refractivity contribution in [1.29, 1.82) is 0 Å². The van der Waals surface area contributed by atoms with Gasteiger partial charge in [0.05, 0.1) is 12.2 Å². The third kappa shape index (κ3) is 2.74. The van der Waals surface area contributed by atoms with E-state index in [9.17, 15) is 4.79 Å². The maximum atomic E-state index is 12.7. The van der Waals surface area contributed by atoms with Crippen molar-refractivity contribution in [2.45, 2.75) is 44.7 Å². The van der Waals surface area contributed by atoms with Crippen LogP contribution in [-0.4, -0.2) is 38.1 Å². The number of nitrogens with one attached hydrogen (secondary N) is 1. The molecule has 1 N–H and O–H groups in total. The van der Waals surface area contributed by atoms with Crippen molar-refractivity contribution in [3.8, 4) is 0 Å². The van der Waals surface area contributed by atoms with E-state index in [0.29, 0.717) is 11.2 Å². The normalized spacial score (nSPS) is 22.6. The van der Waals surface area contributed by atoms with Crippen LogP contribution in [0, 0.1) is 0 Å². The third-order valence-electron chi connectivity index (χ3n) is 5.62. The molecule has 0 saturated carbocycles. The van der Waals surface area contributed by atoms with E-state index in [0.717, 1.165) is 43.7 Å². The minimum Gasteiger partial charge on any atom is -0.349 e. The first-order valence-corrected chi connectivity index (χ1v) is 9.56. The first-order valence-electron chi connectivity index (χ1n) is 9.56. The molecule has 2 aliphatic rings. The van der Waals surface area contributed by atoms with Gasteiger partial charge in [-0.3, -0.25) is 9.78 Å². The van der Waals surface area contributed by atoms with E-state index < -0.39 is 0 Å². The smallest absolute Gasteiger partial charge is 0.256 e. The van der Waals surface area contributed by atoms with Crippen LogP contribution in [0.25, 0.3) is 5.65 Å². The number of aromatic nitrogens is 4. The van der Waals surface area contributed by atoms with Gasteiger partial charge in [-0.1, -0.05) is 6.07 Å². The predicted molar refractivity (Wildman–Crippen MR) is 102 cm³/mol. The van der Waals surface area contributed by atoms with Crippen LogP contribution in [0.1, 0.15) is 53.8 Å². The summed E-state index contributed by atoms with van der Waals surface area (Å²) in [5.41, 5.74) is 3.53. The summed E-state index contributed by atoms with van der Waals surface area (Å²) in [5.74, 6) is 0.766. The number of hydrogen-bond donors (Lipinski definition) is 1. The molecule has 0 spiro atoms. The molecule has 3 aromatic rings. The fraction of sp³-hybridized carbons (Fsp3) is 0.400. The second kappa shape index (κ2) is 6.33. The van der Waals surface area contributed by atoms with Gasteiger partial charge in [-0.15, -0.1) is 0 Å². The van der Waals surface area contributed by atoms with Crippen molar-refractivity contribution < 1.29 is 4.79 Å². The molecule has 1 saturated heterocycles. The number of carbonyl (C=O) groups is 1. The summed E-state index contributed by atoms with van der Waals surface area (Å²) >= 11 is 0. The summed E-state index contributed by atoms with van der Waals surface area (Å²) in [6.45, 7) is 2.99. The molecule has 5 rings (SSSR count). The molecule has 1 amide bonds. The lowest BCUT2D eigenvalue weighted by atomic mass is 9.98. The van der Waals surface area contributed by atoms with E-state index in [1.54, 1.807) is 10.7 Å². The van der Waals surface area contributed by atoms with Gasteiger partial charge in [0.1, 0.15) is 11.4 Å². The number of nitrogens with zero attached hydrogens (tertiary/aromatic N) is 5. The van der Waals surface area contributed by atoms with Crippen LogP contribution in [-0.2, 0) is 6.42 Å². The first kappa shape index (κ1) is 16.2. The number of fused-ring (bicyclic) bond motifs is 5. The SMILES string of the molecule is CC1CCc2ncccc2C2CCCN2c2ccn3ncc(c3n2)C(=O)N1. The topological polar surface area (TPSA) is 75.4 Å². The molecule has 1 fully saturated rings. The highest BCUT2D eigenvalue weighted by atomic mass is 16.1. The number of aryl methyl sites for hydroxylation is 1. The Morgan fingerprint density at radius 3 is 3.11 bits per heavy atom. The summed E-state index contributed by atoms with van der Waals surface area (Å²) in [4.78, 5) is 24.6. The van der Waals surface area contributed by atoms with E-state index in [1.165, 1.54) is 5.56 Å². The lowest BCUT2D eigenvalue weighted by Crippen LogP contribution is -2.33. The van der Waals surface area contributed by atoms with Gasteiger partial charge in [0.15, 0.2) is 5.65 Å². The van der Waals surface area contributed by atoms with Crippen molar-refractivity contribution >= 4 is 17.4 Å². The van der Waals surface area contributed by atoms with Gasteiger partial charge in [0.25, 0.3) is 5.91 Å². The van der Waals surface area contributed by atoms with Crippen LogP contribution in [0.5, 0.6) is 0 Å². The van der Waals surface area contributed by atoms with E-state index >= 15 is 0 Å². The Labute approximate surface area is 157 Å². The third-order valence-corrected chi connectivity index (χ3v) is 5.62. The maximum Gasteiger partial charge on any atom is 0.256 e. The number of pyridine rings is 1. The van der Waals surface area contributed by atoms with Gasteiger partial charge in [0.2, 0.25) is 0 Å². The lowest BCUT2D eigenvalue weighted by molar-refractivity contribution is 0.0940. The standard InChI is InChI=1S/C20H22N6O/c1-13-6-7-16-14(4-2-9-21-16)17-5-3-10-25(17)18-8-11-26-19(24-18)15(12-22-26)20(27)23-13/h2,4,8-9,11-13,17H,3,5-7,10H2,1H3,(H,23,27). The van der Waals surface area contributed by atoms with Crippen LogP contribution in [0.2, 0.25) is 0 Å². The molecule has 2 aliphatic heterocycles. The molecular weight excluding hydrogens is 340 g/mol. The highest BCUT2D eigenvalue weighted by Crippen LogP contribution is 2.37. The highest BCUT2D eigenvalue weighted by molar-refractivity contribution is 5.99. The molecular formula is C20H22N6O. The molecule has 7 heteroatoms. The fourth-order valence-corrected chi connectivity index (χ4v) is 4.23. The average Bonchev–Trinajstić information content (AvgIpc) is 3.32. The fourth-order valence-electron chi connectivity index (χ4n) is 4.23. The Hall–Kier alpha value is -2.96. The minimum atomic E-state index is -0.124. The summed E-state index contributed by atoms with van der Waals surface area (Å²) in [7, 11) is 0. The molecule has 5 heterocycles. The average molecular weight is 362 g/mol. The van der Waals surface area contributed by atoms with Gasteiger partial charge in [-0.05, 0) is 50.3 Å². The Kier molecular flexibility index (Phi) is 3.81. The predicted octanol–water partition coefficient (Wildman–Crippen LogP) is 2.53. The molecule has 138 valence electrons. The van der Waals surface area contributed by atoms with Crippen LogP contribution in [0.4, 0.5) is 5.82 Å². The van der Waals surface area contributed by atoms with Crippen LogP contribution < -0.4 is 10.2 Å². The number of hydrogen-bond acceptors (Lipinski definition) is 5. The molecule has 3 aromatic heterocycles. The summed E-state index contributed by atoms with van der Waals surface area (Å²) in [6, 6.07) is 6.51. The molecule has 0 radical (unpaired) electrons. The molecule has 2 unspecified atom stereocenters. The molecule has 0 aromatic carbocycles. The van der Waals surface area contributed by atoms with Crippen LogP contribution in [0.15, 0.2) is 36.8 Å². The summed E-state index contributed by atoms with van der Waals surface area (Å²) in [6.07, 6.45) is 9.25. The maximum absolute atomic E-state index is 12.7. The summed E-state index contributed by atoms with van der Waals surface area (Å²) in [5, 5.41) is 7.38. The summed E-state index contributed by atoms with van der Waals surface area (Å²) < 4.78 is 1.67. The molecule has 2 atom stereocenters. The van der Waals surface area contributed by atoms with Crippen molar-refractivity contribution in [2.24, 2.45) is 0 Å². The van der Waals surface area contributed by atoms with Crippen molar-refractivity contribution in [2.75, 3.05) is 11.4 Å². The number of amides is 1. The monoisotopic (exact) mass is 362 g/mol. The number of carbonyl (C=O) groups excluding carboxylic acids is 1. The molecule has 2 bridgehead atoms. The van der Waals surface area contributed by atoms with Crippen molar-refractivity contribution in [3.05, 3.63) is 53.6 Å². The van der Waals surface area contributed by atoms with E-state index in [4.69, 9.17) is 4.98 Å². The zero-order valence-corrected chi connectivity index (χ0v) is 15.3. The number of rotatable bonds is 0. The Morgan fingerprint density at radius 2 is 2.19 bits per heavy atom. The van der Waals surface area contributed by atoms with E-state index in [2.05, 4.69) is 26.4 Å². The molecule has 0 aliphatic carbocycles. The number of anilines is 1. The van der Waals surface area contributed by atoms with Crippen LogP contribution >= 0.6 is 0 Å². The zero-order valence-electron chi connectivity index (χ0n) is 15.3. The van der Waals surface area contributed by atoms with Gasteiger partial charge in [-0.25, -0.2) is 9.50 Å². The zero-order chi connectivity index (χ0) is 18.4. The van der Waals surface area contributed by atoms with Gasteiger partial charge < -0.3 is 10.2 Å². The second-order valence-corrected chi connectivity index (χ2v) is 7.42. The lowest BCUT2D eigenvalue weighted by Gasteiger charge is -2.27. The Morgan fingerprint density at radius 1 is 1.26 bits per heavy atom. The molecule has 7 nitrogen and oxygen atoms in total. The quantitative estimate of drug-likeness (QED) is 0.665. The first-order chi connectivity index (χ1) is 13.2. The van der Waals surface area contributed by atoms with Gasteiger partial charge >= 0.3 is 0 Å². The largest absolute Gasteiger partial charge is 0.349 e. The molecule has 27 heavy (non-hydrogen) atoms. The van der Waals surface area contributed by atoms with Gasteiger partial charge in [-0.2, -0.15) is 5.10 Å². The van der Waals surface area contributed by atoms with Crippen LogP contribution in [0.3, 0.4) is 0 Å². The van der Waals surface area contributed by atoms with Crippen molar-refractivity contribution in [3.63, 3.8) is 0 Å². The minimum absolute atomic E-state index is 0.0472.